The molecule has 200 valence electrons. The summed E-state index contributed by atoms with van der Waals surface area (Å²) in [6.45, 7) is 8.22. The van der Waals surface area contributed by atoms with Gasteiger partial charge in [0, 0.05) is 17.8 Å². The van der Waals surface area contributed by atoms with Gasteiger partial charge in [-0.25, -0.2) is 24.2 Å². The van der Waals surface area contributed by atoms with Crippen molar-refractivity contribution >= 4 is 33.5 Å². The number of amides is 1. The van der Waals surface area contributed by atoms with E-state index in [2.05, 4.69) is 25.6 Å². The first-order chi connectivity index (χ1) is 18.7. The summed E-state index contributed by atoms with van der Waals surface area (Å²) < 4.78 is 21.4. The van der Waals surface area contributed by atoms with E-state index in [9.17, 15) is 4.79 Å². The lowest BCUT2D eigenvalue weighted by molar-refractivity contribution is 0.0523. The number of fused-ring (bicyclic) bond motifs is 1. The average Bonchev–Trinajstić information content (AvgIpc) is 3.58. The Balaban J connectivity index is 1.51. The van der Waals surface area contributed by atoms with Crippen LogP contribution in [0.1, 0.15) is 33.3 Å². The number of carbonyl (C=O) groups is 1. The first-order valence-electron chi connectivity index (χ1n) is 12.5. The Morgan fingerprint density at radius 3 is 2.69 bits per heavy atom. The highest BCUT2D eigenvalue weighted by Gasteiger charge is 2.20. The van der Waals surface area contributed by atoms with Crippen LogP contribution in [0.2, 0.25) is 0 Å². The molecule has 0 aliphatic carbocycles. The second kappa shape index (κ2) is 10.8. The minimum absolute atomic E-state index is 0.214. The van der Waals surface area contributed by atoms with E-state index in [1.54, 1.807) is 17.4 Å². The zero-order valence-corrected chi connectivity index (χ0v) is 22.9. The Morgan fingerprint density at radius 2 is 1.95 bits per heavy atom. The summed E-state index contributed by atoms with van der Waals surface area (Å²) in [5, 5.41) is 13.4. The maximum atomic E-state index is 15.1. The predicted octanol–water partition coefficient (Wildman–Crippen LogP) is 6.07. The van der Waals surface area contributed by atoms with Gasteiger partial charge in [0.15, 0.2) is 5.82 Å². The van der Waals surface area contributed by atoms with Crippen LogP contribution in [-0.4, -0.2) is 43.3 Å². The van der Waals surface area contributed by atoms with Crippen LogP contribution in [0.3, 0.4) is 0 Å². The molecule has 5 aromatic rings. The van der Waals surface area contributed by atoms with Gasteiger partial charge in [0.25, 0.3) is 0 Å². The molecular weight excluding hydrogens is 517 g/mol. The zero-order valence-electron chi connectivity index (χ0n) is 22.1. The molecule has 0 aliphatic heterocycles. The number of hydrogen-bond donors (Lipinski definition) is 1. The number of halogens is 1. The standard InChI is InChI=1S/C28H28FN7O2S/c1-5-35(36-14-13-32-34-36)26-30-17-22(29)24(33-26)23-15-18-10-8-12-21(25(18)39-23)20-11-7-6-9-19(20)16-31-27(37)38-28(2,3)4/h6-15,17H,5,16H2,1-4H3,(H,31,37). The van der Waals surface area contributed by atoms with Crippen LogP contribution < -0.4 is 10.3 Å². The molecule has 0 fully saturated rings. The Kier molecular flexibility index (Phi) is 7.25. The molecule has 0 aliphatic rings. The molecule has 0 unspecified atom stereocenters. The number of alkyl carbamates (subject to hydrolysis) is 1. The third-order valence-electron chi connectivity index (χ3n) is 5.83. The van der Waals surface area contributed by atoms with Crippen LogP contribution in [-0.2, 0) is 11.3 Å². The molecule has 0 saturated carbocycles. The molecule has 9 nitrogen and oxygen atoms in total. The van der Waals surface area contributed by atoms with Crippen molar-refractivity contribution in [2.75, 3.05) is 11.6 Å². The smallest absolute Gasteiger partial charge is 0.407 e. The number of benzene rings is 2. The van der Waals surface area contributed by atoms with Crippen molar-refractivity contribution in [3.63, 3.8) is 0 Å². The average molecular weight is 546 g/mol. The Hall–Kier alpha value is -4.38. The van der Waals surface area contributed by atoms with Crippen LogP contribution in [0.4, 0.5) is 15.1 Å². The van der Waals surface area contributed by atoms with E-state index in [4.69, 9.17) is 4.74 Å². The Morgan fingerprint density at radius 1 is 1.15 bits per heavy atom. The van der Waals surface area contributed by atoms with E-state index in [1.165, 1.54) is 22.3 Å². The molecule has 3 heterocycles. The van der Waals surface area contributed by atoms with Gasteiger partial charge in [0.1, 0.15) is 11.3 Å². The number of rotatable bonds is 7. The van der Waals surface area contributed by atoms with Crippen molar-refractivity contribution < 1.29 is 13.9 Å². The topological polar surface area (TPSA) is 98.1 Å². The number of anilines is 1. The quantitative estimate of drug-likeness (QED) is 0.265. The second-order valence-corrected chi connectivity index (χ2v) is 10.8. The molecular formula is C28H28FN7O2S. The lowest BCUT2D eigenvalue weighted by atomic mass is 9.98. The fourth-order valence-electron chi connectivity index (χ4n) is 4.17. The van der Waals surface area contributed by atoms with Crippen molar-refractivity contribution in [2.45, 2.75) is 39.8 Å². The van der Waals surface area contributed by atoms with E-state index in [0.29, 0.717) is 23.9 Å². The normalized spacial score (nSPS) is 11.5. The molecule has 39 heavy (non-hydrogen) atoms. The minimum atomic E-state index is -0.581. The van der Waals surface area contributed by atoms with Gasteiger partial charge in [-0.3, -0.25) is 0 Å². The van der Waals surface area contributed by atoms with Crippen LogP contribution in [0.5, 0.6) is 0 Å². The van der Waals surface area contributed by atoms with E-state index in [-0.39, 0.29) is 5.69 Å². The largest absolute Gasteiger partial charge is 0.444 e. The van der Waals surface area contributed by atoms with Gasteiger partial charge < -0.3 is 10.1 Å². The fraction of sp³-hybridized carbons (Fsp3) is 0.250. The zero-order chi connectivity index (χ0) is 27.6. The summed E-state index contributed by atoms with van der Waals surface area (Å²) in [7, 11) is 0. The molecule has 0 bridgehead atoms. The highest BCUT2D eigenvalue weighted by molar-refractivity contribution is 7.22. The molecule has 0 radical (unpaired) electrons. The third kappa shape index (κ3) is 5.73. The van der Waals surface area contributed by atoms with Crippen molar-refractivity contribution in [2.24, 2.45) is 0 Å². The first-order valence-corrected chi connectivity index (χ1v) is 13.3. The van der Waals surface area contributed by atoms with Crippen molar-refractivity contribution in [3.05, 3.63) is 78.5 Å². The molecule has 11 heteroatoms. The molecule has 0 spiro atoms. The summed E-state index contributed by atoms with van der Waals surface area (Å²) in [5.41, 5.74) is 2.53. The Bertz CT molecular complexity index is 1610. The fourth-order valence-corrected chi connectivity index (χ4v) is 5.35. The summed E-state index contributed by atoms with van der Waals surface area (Å²) in [6, 6.07) is 15.8. The monoisotopic (exact) mass is 545 g/mol. The number of aromatic nitrogens is 5. The summed E-state index contributed by atoms with van der Waals surface area (Å²) >= 11 is 1.46. The second-order valence-electron chi connectivity index (χ2n) is 9.75. The maximum absolute atomic E-state index is 15.1. The Labute approximate surface area is 229 Å². The summed E-state index contributed by atoms with van der Waals surface area (Å²) in [6.07, 6.45) is 3.94. The lowest BCUT2D eigenvalue weighted by Crippen LogP contribution is -2.32. The summed E-state index contributed by atoms with van der Waals surface area (Å²) in [5.74, 6) is -0.195. The van der Waals surface area contributed by atoms with Crippen LogP contribution in [0.15, 0.2) is 67.1 Å². The molecule has 1 amide bonds. The number of thiophene rings is 1. The highest BCUT2D eigenvalue weighted by Crippen LogP contribution is 2.40. The third-order valence-corrected chi connectivity index (χ3v) is 7.02. The molecule has 3 aromatic heterocycles. The highest BCUT2D eigenvalue weighted by atomic mass is 32.1. The number of ether oxygens (including phenoxy) is 1. The van der Waals surface area contributed by atoms with Gasteiger partial charge in [-0.05, 0) is 61.1 Å². The first kappa shape index (κ1) is 26.2. The maximum Gasteiger partial charge on any atom is 0.407 e. The number of carbonyl (C=O) groups excluding carboxylic acids is 1. The molecule has 2 aromatic carbocycles. The summed E-state index contributed by atoms with van der Waals surface area (Å²) in [4.78, 5) is 23.2. The van der Waals surface area contributed by atoms with Crippen LogP contribution in [0.25, 0.3) is 31.8 Å². The predicted molar refractivity (Wildman–Crippen MR) is 150 cm³/mol. The van der Waals surface area contributed by atoms with Crippen molar-refractivity contribution in [1.29, 1.82) is 0 Å². The lowest BCUT2D eigenvalue weighted by Gasteiger charge is -2.20. The SMILES string of the molecule is CCN(c1ncc(F)c(-c2cc3cccc(-c4ccccc4CNC(=O)OC(C)(C)C)c3s2)n1)n1ccnn1. The molecule has 0 atom stereocenters. The molecule has 0 saturated heterocycles. The molecule has 1 N–H and O–H groups in total. The van der Waals surface area contributed by atoms with Crippen molar-refractivity contribution in [1.82, 2.24) is 30.4 Å². The number of nitrogens with one attached hydrogen (secondary N) is 1. The van der Waals surface area contributed by atoms with E-state index in [0.717, 1.165) is 26.8 Å². The van der Waals surface area contributed by atoms with E-state index < -0.39 is 17.5 Å². The van der Waals surface area contributed by atoms with Gasteiger partial charge in [0.2, 0.25) is 5.95 Å². The van der Waals surface area contributed by atoms with Gasteiger partial charge in [-0.15, -0.1) is 16.4 Å². The molecule has 5 rings (SSSR count). The van der Waals surface area contributed by atoms with Crippen molar-refractivity contribution in [3.8, 4) is 21.7 Å². The van der Waals surface area contributed by atoms with Gasteiger partial charge in [0.05, 0.1) is 23.5 Å². The van der Waals surface area contributed by atoms with Gasteiger partial charge in [-0.1, -0.05) is 42.5 Å². The van der Waals surface area contributed by atoms with E-state index >= 15 is 4.39 Å². The van der Waals surface area contributed by atoms with E-state index in [1.807, 2.05) is 76.2 Å². The number of hydrogen-bond acceptors (Lipinski definition) is 8. The van der Waals surface area contributed by atoms with Gasteiger partial charge >= 0.3 is 6.09 Å². The van der Waals surface area contributed by atoms with Gasteiger partial charge in [-0.2, -0.15) is 4.79 Å². The van der Waals surface area contributed by atoms with Crippen LogP contribution >= 0.6 is 11.3 Å². The number of nitrogens with zero attached hydrogens (tertiary/aromatic N) is 6. The minimum Gasteiger partial charge on any atom is -0.444 e. The van der Waals surface area contributed by atoms with Crippen LogP contribution in [0, 0.1) is 5.82 Å².